The summed E-state index contributed by atoms with van der Waals surface area (Å²) < 4.78 is 5.18. The lowest BCUT2D eigenvalue weighted by molar-refractivity contribution is -0.122. The van der Waals surface area contributed by atoms with Crippen molar-refractivity contribution in [2.24, 2.45) is 0 Å². The van der Waals surface area contributed by atoms with E-state index in [2.05, 4.69) is 6.58 Å². The normalized spacial score (nSPS) is 12.7. The number of benzene rings is 2. The second kappa shape index (κ2) is 8.73. The Labute approximate surface area is 174 Å². The Bertz CT molecular complexity index is 1010. The van der Waals surface area contributed by atoms with Gasteiger partial charge in [0.05, 0.1) is 16.7 Å². The number of para-hydroxylation sites is 1. The molecule has 7 heteroatoms. The second-order valence-corrected chi connectivity index (χ2v) is 7.04. The van der Waals surface area contributed by atoms with E-state index in [0.29, 0.717) is 5.69 Å². The van der Waals surface area contributed by atoms with Crippen LogP contribution in [0.1, 0.15) is 44.9 Å². The maximum absolute atomic E-state index is 12.7. The van der Waals surface area contributed by atoms with Gasteiger partial charge in [-0.25, -0.2) is 4.79 Å². The molecule has 30 heavy (non-hydrogen) atoms. The summed E-state index contributed by atoms with van der Waals surface area (Å²) in [4.78, 5) is 52.4. The van der Waals surface area contributed by atoms with E-state index in [-0.39, 0.29) is 35.2 Å². The molecule has 0 saturated heterocycles. The van der Waals surface area contributed by atoms with Crippen LogP contribution in [0, 0.1) is 0 Å². The predicted octanol–water partition coefficient (Wildman–Crippen LogP) is 3.07. The average Bonchev–Trinajstić information content (AvgIpc) is 2.97. The van der Waals surface area contributed by atoms with Gasteiger partial charge in [-0.15, -0.1) is 6.58 Å². The molecule has 2 aromatic carbocycles. The van der Waals surface area contributed by atoms with E-state index in [9.17, 15) is 19.2 Å². The Hall–Kier alpha value is -3.74. The van der Waals surface area contributed by atoms with Gasteiger partial charge in [0.15, 0.2) is 6.61 Å². The first-order valence-electron chi connectivity index (χ1n) is 9.50. The summed E-state index contributed by atoms with van der Waals surface area (Å²) in [5.74, 6) is -2.03. The van der Waals surface area contributed by atoms with Gasteiger partial charge in [0, 0.05) is 18.3 Å². The summed E-state index contributed by atoms with van der Waals surface area (Å²) in [5.41, 5.74) is 1.16. The third-order valence-corrected chi connectivity index (χ3v) is 4.66. The van der Waals surface area contributed by atoms with Crippen molar-refractivity contribution in [2.45, 2.75) is 19.9 Å². The number of fused-ring (bicyclic) bond motifs is 1. The first kappa shape index (κ1) is 21.0. The summed E-state index contributed by atoms with van der Waals surface area (Å²) in [6.07, 6.45) is 1.45. The molecule has 0 spiro atoms. The van der Waals surface area contributed by atoms with Crippen LogP contribution < -0.4 is 4.90 Å². The fourth-order valence-electron chi connectivity index (χ4n) is 3.31. The highest BCUT2D eigenvalue weighted by Gasteiger charge is 2.35. The Morgan fingerprint density at radius 1 is 1.07 bits per heavy atom. The van der Waals surface area contributed by atoms with Gasteiger partial charge in [0.1, 0.15) is 0 Å². The molecule has 0 atom stereocenters. The van der Waals surface area contributed by atoms with Crippen LogP contribution in [-0.4, -0.2) is 47.8 Å². The third kappa shape index (κ3) is 4.00. The molecule has 0 aromatic heterocycles. The number of anilines is 1. The van der Waals surface area contributed by atoms with Gasteiger partial charge in [-0.2, -0.15) is 0 Å². The Morgan fingerprint density at radius 2 is 1.73 bits per heavy atom. The lowest BCUT2D eigenvalue weighted by Gasteiger charge is -2.26. The van der Waals surface area contributed by atoms with Gasteiger partial charge in [-0.3, -0.25) is 19.3 Å². The number of esters is 1. The molecule has 3 rings (SSSR count). The molecular formula is C23H22N2O5. The van der Waals surface area contributed by atoms with Crippen molar-refractivity contribution in [3.8, 4) is 0 Å². The van der Waals surface area contributed by atoms with Crippen LogP contribution in [0.2, 0.25) is 0 Å². The van der Waals surface area contributed by atoms with Crippen molar-refractivity contribution in [1.82, 2.24) is 4.90 Å². The van der Waals surface area contributed by atoms with Crippen LogP contribution in [0.5, 0.6) is 0 Å². The molecule has 0 bridgehead atoms. The molecule has 2 aromatic rings. The zero-order valence-corrected chi connectivity index (χ0v) is 16.8. The minimum absolute atomic E-state index is 0.0884. The molecule has 0 saturated carbocycles. The van der Waals surface area contributed by atoms with Crippen molar-refractivity contribution >= 4 is 29.4 Å². The maximum Gasteiger partial charge on any atom is 0.338 e. The van der Waals surface area contributed by atoms with Crippen molar-refractivity contribution in [2.75, 3.05) is 18.1 Å². The quantitative estimate of drug-likeness (QED) is 0.401. The molecule has 1 heterocycles. The second-order valence-electron chi connectivity index (χ2n) is 7.04. The molecule has 0 aliphatic carbocycles. The Balaban J connectivity index is 1.72. The first-order valence-corrected chi connectivity index (χ1v) is 9.50. The Morgan fingerprint density at radius 3 is 2.37 bits per heavy atom. The lowest BCUT2D eigenvalue weighted by atomic mass is 10.1. The van der Waals surface area contributed by atoms with E-state index in [1.165, 1.54) is 24.3 Å². The van der Waals surface area contributed by atoms with Crippen LogP contribution in [-0.2, 0) is 9.53 Å². The molecule has 0 radical (unpaired) electrons. The maximum atomic E-state index is 12.7. The van der Waals surface area contributed by atoms with Crippen molar-refractivity contribution in [3.63, 3.8) is 0 Å². The first-order chi connectivity index (χ1) is 14.3. The number of carbonyl (C=O) groups excluding carboxylic acids is 4. The lowest BCUT2D eigenvalue weighted by Crippen LogP contribution is -2.39. The van der Waals surface area contributed by atoms with Crippen molar-refractivity contribution in [3.05, 3.63) is 77.9 Å². The van der Waals surface area contributed by atoms with Gasteiger partial charge in [-0.05, 0) is 44.2 Å². The highest BCUT2D eigenvalue weighted by Crippen LogP contribution is 2.24. The van der Waals surface area contributed by atoms with E-state index < -0.39 is 24.4 Å². The van der Waals surface area contributed by atoms with Crippen molar-refractivity contribution in [1.29, 1.82) is 0 Å². The van der Waals surface area contributed by atoms with Gasteiger partial charge < -0.3 is 9.64 Å². The molecule has 0 unspecified atom stereocenters. The molecule has 154 valence electrons. The smallest absolute Gasteiger partial charge is 0.338 e. The fraction of sp³-hybridized carbons (Fsp3) is 0.217. The number of ether oxygens (including phenoxy) is 1. The summed E-state index contributed by atoms with van der Waals surface area (Å²) in [5, 5.41) is 0. The number of nitrogens with zero attached hydrogens (tertiary/aromatic N) is 2. The topological polar surface area (TPSA) is 84.0 Å². The minimum atomic E-state index is -0.745. The molecule has 0 fully saturated rings. The third-order valence-electron chi connectivity index (χ3n) is 4.66. The Kier molecular flexibility index (Phi) is 6.11. The number of rotatable bonds is 7. The molecule has 1 aliphatic heterocycles. The summed E-state index contributed by atoms with van der Waals surface area (Å²) >= 11 is 0. The van der Waals surface area contributed by atoms with Gasteiger partial charge >= 0.3 is 5.97 Å². The number of amides is 3. The molecule has 0 N–H and O–H groups in total. The molecular weight excluding hydrogens is 384 g/mol. The van der Waals surface area contributed by atoms with Crippen LogP contribution in [0.15, 0.2) is 61.2 Å². The van der Waals surface area contributed by atoms with E-state index >= 15 is 0 Å². The average molecular weight is 406 g/mol. The van der Waals surface area contributed by atoms with Gasteiger partial charge in [-0.1, -0.05) is 24.3 Å². The number of imide groups is 1. The number of hydrogen-bond acceptors (Lipinski definition) is 5. The van der Waals surface area contributed by atoms with Crippen molar-refractivity contribution < 1.29 is 23.9 Å². The molecule has 1 aliphatic rings. The van der Waals surface area contributed by atoms with E-state index in [1.54, 1.807) is 17.0 Å². The standard InChI is InChI=1S/C23H22N2O5/c1-4-12-24-21(27)18-11-10-16(13-19(18)22(24)28)23(29)30-14-20(26)25(15(2)3)17-8-6-5-7-9-17/h4-11,13,15H,1,12,14H2,2-3H3. The van der Waals surface area contributed by atoms with Crippen LogP contribution in [0.25, 0.3) is 0 Å². The van der Waals surface area contributed by atoms with Crippen LogP contribution >= 0.6 is 0 Å². The fourth-order valence-corrected chi connectivity index (χ4v) is 3.31. The number of hydrogen-bond donors (Lipinski definition) is 0. The monoisotopic (exact) mass is 406 g/mol. The predicted molar refractivity (Wildman–Crippen MR) is 111 cm³/mol. The highest BCUT2D eigenvalue weighted by atomic mass is 16.5. The zero-order valence-electron chi connectivity index (χ0n) is 16.8. The van der Waals surface area contributed by atoms with Gasteiger partial charge in [0.2, 0.25) is 0 Å². The minimum Gasteiger partial charge on any atom is -0.452 e. The zero-order chi connectivity index (χ0) is 21.8. The van der Waals surface area contributed by atoms with E-state index in [4.69, 9.17) is 4.74 Å². The van der Waals surface area contributed by atoms with Gasteiger partial charge in [0.25, 0.3) is 17.7 Å². The summed E-state index contributed by atoms with van der Waals surface area (Å²) in [6, 6.07) is 13.1. The van der Waals surface area contributed by atoms with E-state index in [1.807, 2.05) is 32.0 Å². The summed E-state index contributed by atoms with van der Waals surface area (Å²) in [6.45, 7) is 6.91. The summed E-state index contributed by atoms with van der Waals surface area (Å²) in [7, 11) is 0. The molecule has 3 amide bonds. The molecule has 7 nitrogen and oxygen atoms in total. The van der Waals surface area contributed by atoms with E-state index in [0.717, 1.165) is 4.90 Å². The SMILES string of the molecule is C=CCN1C(=O)c2ccc(C(=O)OCC(=O)N(c3ccccc3)C(C)C)cc2C1=O. The van der Waals surface area contributed by atoms with Crippen LogP contribution in [0.3, 0.4) is 0 Å². The van der Waals surface area contributed by atoms with Crippen LogP contribution in [0.4, 0.5) is 5.69 Å². The number of carbonyl (C=O) groups is 4. The largest absolute Gasteiger partial charge is 0.452 e. The highest BCUT2D eigenvalue weighted by molar-refractivity contribution is 6.22.